The number of hydrogen-bond donors (Lipinski definition) is 5. The van der Waals surface area contributed by atoms with Gasteiger partial charge < -0.3 is 26.4 Å². The van der Waals surface area contributed by atoms with E-state index in [2.05, 4.69) is 87.5 Å². The summed E-state index contributed by atoms with van der Waals surface area (Å²) in [6, 6.07) is 15.3. The Balaban J connectivity index is 1.29. The molecule has 0 aliphatic carbocycles. The zero-order valence-corrected chi connectivity index (χ0v) is 33.7. The fourth-order valence-corrected chi connectivity index (χ4v) is 6.54. The highest BCUT2D eigenvalue weighted by molar-refractivity contribution is 7.09. The van der Waals surface area contributed by atoms with E-state index >= 15 is 0 Å². The summed E-state index contributed by atoms with van der Waals surface area (Å²) < 4.78 is 7.94. The standard InChI is InChI=1S/C37H31N19OS2/c1-17-9-7-10-18(2)25(17)44-31-27(53-55-36-40-15-42-58-36)21(5)23(13-38)29(46-31)48-33-50-34(52-35(57)51-33)49-30-24(14-39)22(6)28(54-56-37-41-16-43-59-37)32(47-30)45-26-19(3)11-8-12-20(26)4/h7-12,15-16H,1-6H3,(H5,44,45,46,47,48,49,50,51,52,57)/b55-53+,56-54+. The third-order valence-electron chi connectivity index (χ3n) is 8.76. The van der Waals surface area contributed by atoms with Gasteiger partial charge in [0.25, 0.3) is 0 Å². The monoisotopic (exact) mass is 821 g/mol. The van der Waals surface area contributed by atoms with Gasteiger partial charge in [0, 0.05) is 45.6 Å². The van der Waals surface area contributed by atoms with Gasteiger partial charge in [-0.2, -0.15) is 34.2 Å². The molecule has 0 radical (unpaired) electrons. The highest BCUT2D eigenvalue weighted by atomic mass is 32.1. The minimum absolute atomic E-state index is 0.0436. The molecule has 0 unspecified atom stereocenters. The van der Waals surface area contributed by atoms with Gasteiger partial charge in [-0.05, 0) is 63.8 Å². The lowest BCUT2D eigenvalue weighted by Gasteiger charge is -2.18. The van der Waals surface area contributed by atoms with Crippen LogP contribution in [0, 0.1) is 64.2 Å². The van der Waals surface area contributed by atoms with Crippen LogP contribution in [0.1, 0.15) is 44.5 Å². The summed E-state index contributed by atoms with van der Waals surface area (Å²) >= 11 is 2.11. The van der Waals surface area contributed by atoms with Gasteiger partial charge in [-0.3, -0.25) is 0 Å². The Labute approximate surface area is 344 Å². The number of nitriles is 2. The molecule has 0 spiro atoms. The summed E-state index contributed by atoms with van der Waals surface area (Å²) in [5.41, 5.74) is 6.94. The third kappa shape index (κ3) is 8.58. The zero-order chi connectivity index (χ0) is 41.6. The van der Waals surface area contributed by atoms with Gasteiger partial charge in [-0.1, -0.05) is 36.4 Å². The number of nitrogens with zero attached hydrogens (tertiary/aromatic N) is 15. The molecule has 7 aromatic rings. The van der Waals surface area contributed by atoms with Gasteiger partial charge in [0.1, 0.15) is 47.3 Å². The summed E-state index contributed by atoms with van der Waals surface area (Å²) in [6.07, 6.45) is 2.73. The highest BCUT2D eigenvalue weighted by Gasteiger charge is 2.23. The molecule has 0 atom stereocenters. The van der Waals surface area contributed by atoms with E-state index in [-0.39, 0.29) is 57.7 Å². The second-order valence-corrected chi connectivity index (χ2v) is 14.2. The average Bonchev–Trinajstić information content (AvgIpc) is 3.93. The van der Waals surface area contributed by atoms with Crippen molar-refractivity contribution < 1.29 is 5.11 Å². The maximum atomic E-state index is 10.7. The number of aromatic hydroxyl groups is 1. The average molecular weight is 822 g/mol. The number of nitrogens with one attached hydrogen (secondary N) is 4. The molecule has 2 aromatic carbocycles. The predicted octanol–water partition coefficient (Wildman–Crippen LogP) is 9.47. The molecule has 0 fully saturated rings. The van der Waals surface area contributed by atoms with Crippen molar-refractivity contribution in [2.24, 2.45) is 20.5 Å². The van der Waals surface area contributed by atoms with Crippen molar-refractivity contribution in [3.05, 3.63) is 93.6 Å². The van der Waals surface area contributed by atoms with Crippen LogP contribution in [0.3, 0.4) is 0 Å². The number of pyridine rings is 2. The quantitative estimate of drug-likeness (QED) is 0.0717. The van der Waals surface area contributed by atoms with Crippen molar-refractivity contribution in [3.8, 4) is 18.1 Å². The molecular weight excluding hydrogens is 791 g/mol. The number of rotatable bonds is 12. The first-order chi connectivity index (χ1) is 28.5. The molecule has 22 heteroatoms. The smallest absolute Gasteiger partial charge is 0.320 e. The van der Waals surface area contributed by atoms with E-state index in [0.717, 1.165) is 56.7 Å². The second-order valence-electron chi connectivity index (χ2n) is 12.7. The molecule has 292 valence electrons. The second kappa shape index (κ2) is 17.0. The predicted molar refractivity (Wildman–Crippen MR) is 222 cm³/mol. The molecule has 5 N–H and O–H groups in total. The maximum absolute atomic E-state index is 10.7. The number of aryl methyl sites for hydroxylation is 4. The van der Waals surface area contributed by atoms with E-state index in [0.29, 0.717) is 21.4 Å². The van der Waals surface area contributed by atoms with Gasteiger partial charge in [-0.15, -0.1) is 20.5 Å². The lowest BCUT2D eigenvalue weighted by molar-refractivity contribution is 0.430. The largest absolute Gasteiger partial charge is 0.479 e. The van der Waals surface area contributed by atoms with Gasteiger partial charge in [-0.25, -0.2) is 19.9 Å². The van der Waals surface area contributed by atoms with Crippen LogP contribution < -0.4 is 21.3 Å². The van der Waals surface area contributed by atoms with Gasteiger partial charge in [0.2, 0.25) is 22.2 Å². The number of para-hydroxylation sites is 2. The zero-order valence-electron chi connectivity index (χ0n) is 32.1. The molecule has 0 amide bonds. The van der Waals surface area contributed by atoms with Crippen LogP contribution in [0.4, 0.5) is 68.2 Å². The highest BCUT2D eigenvalue weighted by Crippen LogP contribution is 2.40. The van der Waals surface area contributed by atoms with Crippen molar-refractivity contribution in [1.82, 2.24) is 43.6 Å². The topological polar surface area (TPSA) is 281 Å². The molecule has 0 saturated heterocycles. The molecule has 0 aliphatic heterocycles. The van der Waals surface area contributed by atoms with E-state index in [1.165, 1.54) is 12.7 Å². The summed E-state index contributed by atoms with van der Waals surface area (Å²) in [7, 11) is 0. The molecule has 5 aromatic heterocycles. The molecular formula is C37H31N19OS2. The Bertz CT molecular complexity index is 2620. The van der Waals surface area contributed by atoms with Crippen LogP contribution >= 0.6 is 23.1 Å². The van der Waals surface area contributed by atoms with Crippen LogP contribution in [-0.2, 0) is 0 Å². The number of aromatic nitrogens is 9. The van der Waals surface area contributed by atoms with Gasteiger partial charge >= 0.3 is 6.01 Å². The molecule has 0 aliphatic rings. The Morgan fingerprint density at radius 2 is 0.949 bits per heavy atom. The van der Waals surface area contributed by atoms with E-state index in [1.54, 1.807) is 13.8 Å². The fourth-order valence-electron chi connectivity index (χ4n) is 5.82. The van der Waals surface area contributed by atoms with Crippen LogP contribution in [0.25, 0.3) is 0 Å². The Morgan fingerprint density at radius 3 is 1.31 bits per heavy atom. The normalized spacial score (nSPS) is 11.1. The summed E-state index contributed by atoms with van der Waals surface area (Å²) in [6.45, 7) is 11.2. The van der Waals surface area contributed by atoms with Crippen molar-refractivity contribution in [3.63, 3.8) is 0 Å². The van der Waals surface area contributed by atoms with E-state index in [1.807, 2.05) is 64.1 Å². The number of benzene rings is 2. The van der Waals surface area contributed by atoms with Crippen molar-refractivity contribution >= 4 is 91.2 Å². The first-order valence-electron chi connectivity index (χ1n) is 17.4. The molecule has 5 heterocycles. The molecule has 0 saturated carbocycles. The molecule has 0 bridgehead atoms. The summed E-state index contributed by atoms with van der Waals surface area (Å²) in [5.74, 6) is 0.241. The van der Waals surface area contributed by atoms with Crippen LogP contribution in [0.2, 0.25) is 0 Å². The minimum Gasteiger partial charge on any atom is -0.479 e. The van der Waals surface area contributed by atoms with Crippen molar-refractivity contribution in [2.45, 2.75) is 41.5 Å². The van der Waals surface area contributed by atoms with Crippen LogP contribution in [0.15, 0.2) is 69.5 Å². The first-order valence-corrected chi connectivity index (χ1v) is 19.0. The lowest BCUT2D eigenvalue weighted by atomic mass is 10.1. The maximum Gasteiger partial charge on any atom is 0.320 e. The summed E-state index contributed by atoms with van der Waals surface area (Å²) in [4.78, 5) is 30.2. The number of anilines is 8. The lowest BCUT2D eigenvalue weighted by Crippen LogP contribution is -2.10. The van der Waals surface area contributed by atoms with E-state index in [9.17, 15) is 15.6 Å². The number of azo groups is 2. The van der Waals surface area contributed by atoms with E-state index < -0.39 is 6.01 Å². The van der Waals surface area contributed by atoms with Crippen molar-refractivity contribution in [2.75, 3.05) is 21.3 Å². The van der Waals surface area contributed by atoms with Crippen LogP contribution in [-0.4, -0.2) is 48.7 Å². The first kappa shape index (κ1) is 39.3. The molecule has 7 rings (SSSR count). The Kier molecular flexibility index (Phi) is 11.4. The molecule has 59 heavy (non-hydrogen) atoms. The summed E-state index contributed by atoms with van der Waals surface area (Å²) in [5, 5.41) is 62.0. The Hall–Kier alpha value is -7.95. The Morgan fingerprint density at radius 1 is 0.542 bits per heavy atom. The fraction of sp³-hybridized carbons (Fsp3) is 0.162. The number of hydrogen-bond acceptors (Lipinski definition) is 22. The van der Waals surface area contributed by atoms with E-state index in [4.69, 9.17) is 9.97 Å². The van der Waals surface area contributed by atoms with Gasteiger partial charge in [0.15, 0.2) is 23.3 Å². The third-order valence-corrected chi connectivity index (χ3v) is 9.86. The van der Waals surface area contributed by atoms with Crippen molar-refractivity contribution in [1.29, 1.82) is 10.5 Å². The van der Waals surface area contributed by atoms with Crippen LogP contribution in [0.5, 0.6) is 6.01 Å². The van der Waals surface area contributed by atoms with Gasteiger partial charge in [0.05, 0.1) is 0 Å². The minimum atomic E-state index is -0.678. The SMILES string of the molecule is Cc1cccc(C)c1Nc1nc(Nc2nc(O)nc(Nc3nc(Nc4c(C)cccc4C)c(/N=N/c4ncns4)c(C)c3C#N)n2)c(C#N)c(C)c1/N=N/c1ncns1. The molecule has 20 nitrogen and oxygen atoms in total.